The molecule has 6 aromatic rings. The van der Waals surface area contributed by atoms with Crippen LogP contribution in [-0.2, 0) is 0 Å². The van der Waals surface area contributed by atoms with Gasteiger partial charge in [-0.15, -0.1) is 4.91 Å². The normalized spacial score (nSPS) is 10.8. The van der Waals surface area contributed by atoms with E-state index in [0.717, 1.165) is 28.4 Å². The van der Waals surface area contributed by atoms with Crippen molar-refractivity contribution in [2.45, 2.75) is 0 Å². The topological polar surface area (TPSA) is 35.9 Å². The Morgan fingerprint density at radius 2 is 0.949 bits per heavy atom. The Bertz CT molecular complexity index is 1710. The number of hydrogen-bond donors (Lipinski definition) is 0. The molecule has 6 aromatic carbocycles. The molecule has 188 valence electrons. The number of fused-ring (bicyclic) bond motifs is 1. The summed E-state index contributed by atoms with van der Waals surface area (Å²) in [7, 11) is 2.02. The molecule has 4 nitrogen and oxygen atoms in total. The minimum Gasteiger partial charge on any atom is -0.345 e. The van der Waals surface area contributed by atoms with Gasteiger partial charge in [-0.1, -0.05) is 72.8 Å². The van der Waals surface area contributed by atoms with Crippen LogP contribution >= 0.6 is 0 Å². The van der Waals surface area contributed by atoms with Gasteiger partial charge in [0.05, 0.1) is 0 Å². The second kappa shape index (κ2) is 10.6. The van der Waals surface area contributed by atoms with Crippen molar-refractivity contribution in [3.05, 3.63) is 150 Å². The molecule has 0 saturated carbocycles. The summed E-state index contributed by atoms with van der Waals surface area (Å²) in [4.78, 5) is 15.2. The molecule has 6 rings (SSSR count). The van der Waals surface area contributed by atoms with Gasteiger partial charge in [0, 0.05) is 35.5 Å². The molecule has 0 aliphatic carbocycles. The van der Waals surface area contributed by atoms with Crippen LogP contribution in [0.3, 0.4) is 0 Å². The van der Waals surface area contributed by atoms with Gasteiger partial charge >= 0.3 is 0 Å². The molecule has 0 aromatic heterocycles. The number of anilines is 5. The van der Waals surface area contributed by atoms with Crippen molar-refractivity contribution in [3.63, 3.8) is 0 Å². The smallest absolute Gasteiger partial charge is 0.108 e. The monoisotopic (exact) mass is 505 g/mol. The first-order chi connectivity index (χ1) is 19.2. The quantitative estimate of drug-likeness (QED) is 0.203. The predicted octanol–water partition coefficient (Wildman–Crippen LogP) is 10.1. The van der Waals surface area contributed by atoms with Crippen LogP contribution in [0.4, 0.5) is 34.1 Å². The Labute approximate surface area is 228 Å². The number of nitrogens with zero attached hydrogens (tertiary/aromatic N) is 3. The van der Waals surface area contributed by atoms with E-state index in [0.29, 0.717) is 5.69 Å². The van der Waals surface area contributed by atoms with Gasteiger partial charge in [0.2, 0.25) is 0 Å². The van der Waals surface area contributed by atoms with Crippen molar-refractivity contribution < 1.29 is 0 Å². The van der Waals surface area contributed by atoms with E-state index < -0.39 is 0 Å². The first-order valence-electron chi connectivity index (χ1n) is 12.9. The lowest BCUT2D eigenvalue weighted by atomic mass is 10.0. The van der Waals surface area contributed by atoms with Crippen LogP contribution in [-0.4, -0.2) is 7.05 Å². The van der Waals surface area contributed by atoms with Gasteiger partial charge in [-0.05, 0) is 99.9 Å². The average Bonchev–Trinajstić information content (AvgIpc) is 3.02. The fourth-order valence-electron chi connectivity index (χ4n) is 4.91. The largest absolute Gasteiger partial charge is 0.345 e. The number of hydrogen-bond acceptors (Lipinski definition) is 4. The molecule has 0 unspecified atom stereocenters. The van der Waals surface area contributed by atoms with E-state index in [1.165, 1.54) is 21.9 Å². The molecule has 0 spiro atoms. The SMILES string of the molecule is CN(c1ccc(N=O)cc1)c1ccc(N(c2ccc(-c3ccccc3)cc2)c2ccc3ccccc3c2)cc1. The molecule has 39 heavy (non-hydrogen) atoms. The molecule has 0 saturated heterocycles. The van der Waals surface area contributed by atoms with Gasteiger partial charge in [-0.25, -0.2) is 0 Å². The zero-order chi connectivity index (χ0) is 26.6. The van der Waals surface area contributed by atoms with Crippen LogP contribution in [0.25, 0.3) is 21.9 Å². The standard InChI is InChI=1S/C35H27N3O/c1-37(31-19-14-30(36-39)15-20-31)32-21-23-34(24-22-32)38(35-18-13-27-9-5-6-10-29(27)25-35)33-16-11-28(12-17-33)26-7-3-2-4-8-26/h2-25H,1H3. The second-order valence-corrected chi connectivity index (χ2v) is 9.46. The van der Waals surface area contributed by atoms with Gasteiger partial charge in [0.25, 0.3) is 0 Å². The highest BCUT2D eigenvalue weighted by Gasteiger charge is 2.14. The molecule has 0 bridgehead atoms. The molecule has 0 aliphatic rings. The van der Waals surface area contributed by atoms with Gasteiger partial charge in [0.15, 0.2) is 0 Å². The van der Waals surface area contributed by atoms with Gasteiger partial charge in [-0.2, -0.15) is 0 Å². The molecule has 0 fully saturated rings. The number of rotatable bonds is 7. The van der Waals surface area contributed by atoms with E-state index in [-0.39, 0.29) is 0 Å². The first-order valence-corrected chi connectivity index (χ1v) is 12.9. The molecule has 0 aliphatic heterocycles. The van der Waals surface area contributed by atoms with E-state index in [4.69, 9.17) is 0 Å². The maximum atomic E-state index is 10.8. The van der Waals surface area contributed by atoms with Crippen LogP contribution in [0, 0.1) is 4.91 Å². The molecule has 0 radical (unpaired) electrons. The van der Waals surface area contributed by atoms with Crippen LogP contribution < -0.4 is 9.80 Å². The van der Waals surface area contributed by atoms with E-state index in [1.807, 2.05) is 25.2 Å². The first kappa shape index (κ1) is 24.1. The fourth-order valence-corrected chi connectivity index (χ4v) is 4.91. The van der Waals surface area contributed by atoms with E-state index in [9.17, 15) is 4.91 Å². The highest BCUT2D eigenvalue weighted by molar-refractivity contribution is 5.89. The average molecular weight is 506 g/mol. The Hall–Kier alpha value is -5.22. The van der Waals surface area contributed by atoms with Crippen molar-refractivity contribution >= 4 is 44.9 Å². The highest BCUT2D eigenvalue weighted by Crippen LogP contribution is 2.38. The number of nitroso groups, excluding NO2 is 1. The van der Waals surface area contributed by atoms with E-state index in [2.05, 4.69) is 130 Å². The van der Waals surface area contributed by atoms with Gasteiger partial charge in [0.1, 0.15) is 5.69 Å². The summed E-state index contributed by atoms with van der Waals surface area (Å²) >= 11 is 0. The minimum absolute atomic E-state index is 0.423. The van der Waals surface area contributed by atoms with Crippen molar-refractivity contribution in [2.75, 3.05) is 16.8 Å². The maximum Gasteiger partial charge on any atom is 0.108 e. The summed E-state index contributed by atoms with van der Waals surface area (Å²) < 4.78 is 0. The fraction of sp³-hybridized carbons (Fsp3) is 0.0286. The lowest BCUT2D eigenvalue weighted by Gasteiger charge is -2.27. The van der Waals surface area contributed by atoms with Crippen LogP contribution in [0.5, 0.6) is 0 Å². The van der Waals surface area contributed by atoms with Crippen LogP contribution in [0.1, 0.15) is 0 Å². The third kappa shape index (κ3) is 5.00. The minimum atomic E-state index is 0.423. The molecule has 0 amide bonds. The molecule has 0 heterocycles. The van der Waals surface area contributed by atoms with Gasteiger partial charge < -0.3 is 9.80 Å². The lowest BCUT2D eigenvalue weighted by Crippen LogP contribution is -2.12. The summed E-state index contributed by atoms with van der Waals surface area (Å²) in [6.07, 6.45) is 0. The Morgan fingerprint density at radius 3 is 1.59 bits per heavy atom. The van der Waals surface area contributed by atoms with Crippen LogP contribution in [0.2, 0.25) is 0 Å². The summed E-state index contributed by atoms with van der Waals surface area (Å²) in [6.45, 7) is 0. The molecular formula is C35H27N3O. The zero-order valence-electron chi connectivity index (χ0n) is 21.6. The zero-order valence-corrected chi connectivity index (χ0v) is 21.6. The Balaban J connectivity index is 1.38. The van der Waals surface area contributed by atoms with Crippen molar-refractivity contribution in [1.82, 2.24) is 0 Å². The third-order valence-electron chi connectivity index (χ3n) is 7.06. The van der Waals surface area contributed by atoms with Crippen molar-refractivity contribution in [2.24, 2.45) is 5.18 Å². The van der Waals surface area contributed by atoms with E-state index >= 15 is 0 Å². The molecular weight excluding hydrogens is 478 g/mol. The van der Waals surface area contributed by atoms with Crippen molar-refractivity contribution in [3.8, 4) is 11.1 Å². The lowest BCUT2D eigenvalue weighted by molar-refractivity contribution is 1.20. The van der Waals surface area contributed by atoms with Gasteiger partial charge in [-0.3, -0.25) is 0 Å². The molecule has 0 atom stereocenters. The predicted molar refractivity (Wildman–Crippen MR) is 164 cm³/mol. The molecule has 0 N–H and O–H groups in total. The maximum absolute atomic E-state index is 10.8. The summed E-state index contributed by atoms with van der Waals surface area (Å²) in [5, 5.41) is 5.42. The van der Waals surface area contributed by atoms with E-state index in [1.54, 1.807) is 12.1 Å². The van der Waals surface area contributed by atoms with Crippen LogP contribution in [0.15, 0.2) is 151 Å². The highest BCUT2D eigenvalue weighted by atomic mass is 16.3. The summed E-state index contributed by atoms with van der Waals surface area (Å²) in [5.74, 6) is 0. The summed E-state index contributed by atoms with van der Waals surface area (Å²) in [5.41, 5.74) is 8.09. The molecule has 4 heteroatoms. The summed E-state index contributed by atoms with van der Waals surface area (Å²) in [6, 6.07) is 50.0. The van der Waals surface area contributed by atoms with Crippen molar-refractivity contribution in [1.29, 1.82) is 0 Å². The Kier molecular flexibility index (Phi) is 6.59. The second-order valence-electron chi connectivity index (χ2n) is 9.46. The third-order valence-corrected chi connectivity index (χ3v) is 7.06. The Morgan fingerprint density at radius 1 is 0.462 bits per heavy atom. The number of benzene rings is 6.